The predicted molar refractivity (Wildman–Crippen MR) is 85.3 cm³/mol. The fraction of sp³-hybridized carbons (Fsp3) is 0.812. The van der Waals surface area contributed by atoms with Gasteiger partial charge in [0, 0.05) is 24.9 Å². The number of carbonyl (C=O) groups excluding carboxylic acids is 2. The van der Waals surface area contributed by atoms with E-state index < -0.39 is 17.3 Å². The fourth-order valence-corrected chi connectivity index (χ4v) is 1.88. The van der Waals surface area contributed by atoms with Gasteiger partial charge in [0.05, 0.1) is 5.92 Å². The molecule has 1 unspecified atom stereocenters. The van der Waals surface area contributed by atoms with Gasteiger partial charge in [-0.25, -0.2) is 0 Å². The molecule has 0 aromatic carbocycles. The number of hydrogen-bond donors (Lipinski definition) is 3. The van der Waals surface area contributed by atoms with Crippen LogP contribution in [0.25, 0.3) is 0 Å². The molecule has 0 aromatic rings. The Labute approximate surface area is 133 Å². The highest BCUT2D eigenvalue weighted by Gasteiger charge is 2.21. The molecule has 2 amide bonds. The summed E-state index contributed by atoms with van der Waals surface area (Å²) in [5.74, 6) is -1.39. The van der Waals surface area contributed by atoms with E-state index in [1.807, 2.05) is 34.6 Å². The number of amides is 2. The summed E-state index contributed by atoms with van der Waals surface area (Å²) in [5.41, 5.74) is -0.437. The van der Waals surface area contributed by atoms with Gasteiger partial charge >= 0.3 is 5.97 Å². The minimum Gasteiger partial charge on any atom is -0.481 e. The molecule has 6 heteroatoms. The molecule has 0 aliphatic carbocycles. The fourth-order valence-electron chi connectivity index (χ4n) is 1.88. The Kier molecular flexibility index (Phi) is 8.75. The molecule has 128 valence electrons. The second-order valence-corrected chi connectivity index (χ2v) is 7.08. The maximum atomic E-state index is 11.7. The van der Waals surface area contributed by atoms with Gasteiger partial charge in [0.1, 0.15) is 0 Å². The summed E-state index contributed by atoms with van der Waals surface area (Å²) in [7, 11) is 0. The molecule has 0 bridgehead atoms. The maximum Gasteiger partial charge on any atom is 0.308 e. The van der Waals surface area contributed by atoms with Crippen molar-refractivity contribution in [1.82, 2.24) is 10.6 Å². The molecule has 0 saturated heterocycles. The topological polar surface area (TPSA) is 95.5 Å². The first-order valence-corrected chi connectivity index (χ1v) is 7.81. The molecule has 6 nitrogen and oxygen atoms in total. The van der Waals surface area contributed by atoms with Crippen molar-refractivity contribution in [2.45, 2.75) is 53.9 Å². The molecule has 0 radical (unpaired) electrons. The number of carboxylic acid groups (broad SMARTS) is 1. The SMILES string of the molecule is CC(C)CC(CNC(=O)CCCNC(=O)C(C)(C)C)C(=O)O. The van der Waals surface area contributed by atoms with Crippen molar-refractivity contribution in [3.8, 4) is 0 Å². The van der Waals surface area contributed by atoms with Crippen LogP contribution in [0.5, 0.6) is 0 Å². The Balaban J connectivity index is 3.95. The smallest absolute Gasteiger partial charge is 0.308 e. The number of carboxylic acids is 1. The van der Waals surface area contributed by atoms with Crippen LogP contribution in [-0.4, -0.2) is 36.0 Å². The first kappa shape index (κ1) is 20.4. The van der Waals surface area contributed by atoms with Crippen molar-refractivity contribution in [1.29, 1.82) is 0 Å². The van der Waals surface area contributed by atoms with Crippen LogP contribution in [0.3, 0.4) is 0 Å². The number of hydrogen-bond acceptors (Lipinski definition) is 3. The summed E-state index contributed by atoms with van der Waals surface area (Å²) in [6.07, 6.45) is 1.35. The highest BCUT2D eigenvalue weighted by atomic mass is 16.4. The van der Waals surface area contributed by atoms with Crippen molar-refractivity contribution in [3.05, 3.63) is 0 Å². The van der Waals surface area contributed by atoms with E-state index in [-0.39, 0.29) is 30.7 Å². The summed E-state index contributed by atoms with van der Waals surface area (Å²) in [6, 6.07) is 0. The normalized spacial score (nSPS) is 12.8. The molecule has 1 atom stereocenters. The zero-order valence-electron chi connectivity index (χ0n) is 14.4. The third-order valence-corrected chi connectivity index (χ3v) is 3.20. The summed E-state index contributed by atoms with van der Waals surface area (Å²) in [6.45, 7) is 9.99. The average molecular weight is 314 g/mol. The Morgan fingerprint density at radius 1 is 1.09 bits per heavy atom. The largest absolute Gasteiger partial charge is 0.481 e. The van der Waals surface area contributed by atoms with Crippen LogP contribution in [0.2, 0.25) is 0 Å². The molecule has 0 heterocycles. The van der Waals surface area contributed by atoms with Crippen molar-refractivity contribution in [3.63, 3.8) is 0 Å². The third-order valence-electron chi connectivity index (χ3n) is 3.20. The van der Waals surface area contributed by atoms with Gasteiger partial charge in [0.25, 0.3) is 0 Å². The molecule has 0 fully saturated rings. The van der Waals surface area contributed by atoms with E-state index in [4.69, 9.17) is 5.11 Å². The molecule has 0 aromatic heterocycles. The van der Waals surface area contributed by atoms with Crippen LogP contribution in [0, 0.1) is 17.3 Å². The molecule has 0 spiro atoms. The number of nitrogens with one attached hydrogen (secondary N) is 2. The molecule has 0 aliphatic rings. The Morgan fingerprint density at radius 3 is 2.14 bits per heavy atom. The van der Waals surface area contributed by atoms with Crippen molar-refractivity contribution in [2.24, 2.45) is 17.3 Å². The summed E-state index contributed by atoms with van der Waals surface area (Å²) >= 11 is 0. The van der Waals surface area contributed by atoms with Crippen molar-refractivity contribution < 1.29 is 19.5 Å². The minimum atomic E-state index is -0.883. The monoisotopic (exact) mass is 314 g/mol. The summed E-state index contributed by atoms with van der Waals surface area (Å²) in [5, 5.41) is 14.5. The molecular formula is C16H30N2O4. The van der Waals surface area contributed by atoms with E-state index in [0.717, 1.165) is 0 Å². The maximum absolute atomic E-state index is 11.7. The first-order chi connectivity index (χ1) is 10.0. The van der Waals surface area contributed by atoms with Crippen molar-refractivity contribution >= 4 is 17.8 Å². The van der Waals surface area contributed by atoms with Gasteiger partial charge in [0.15, 0.2) is 0 Å². The first-order valence-electron chi connectivity index (χ1n) is 7.81. The molecule has 0 saturated carbocycles. The van der Waals surface area contributed by atoms with Crippen LogP contribution >= 0.6 is 0 Å². The van der Waals surface area contributed by atoms with E-state index >= 15 is 0 Å². The molecular weight excluding hydrogens is 284 g/mol. The summed E-state index contributed by atoms with van der Waals surface area (Å²) in [4.78, 5) is 34.4. The second-order valence-electron chi connectivity index (χ2n) is 7.08. The van der Waals surface area contributed by atoms with Gasteiger partial charge in [-0.15, -0.1) is 0 Å². The van der Waals surface area contributed by atoms with Crippen LogP contribution < -0.4 is 10.6 Å². The van der Waals surface area contributed by atoms with Gasteiger partial charge in [-0.2, -0.15) is 0 Å². The van der Waals surface area contributed by atoms with Crippen LogP contribution in [0.1, 0.15) is 53.9 Å². The Morgan fingerprint density at radius 2 is 1.68 bits per heavy atom. The van der Waals surface area contributed by atoms with E-state index in [2.05, 4.69) is 10.6 Å². The van der Waals surface area contributed by atoms with Gasteiger partial charge in [-0.3, -0.25) is 14.4 Å². The van der Waals surface area contributed by atoms with Gasteiger partial charge in [-0.1, -0.05) is 34.6 Å². The van der Waals surface area contributed by atoms with Crippen LogP contribution in [0.4, 0.5) is 0 Å². The number of carbonyl (C=O) groups is 3. The minimum absolute atomic E-state index is 0.0456. The second kappa shape index (κ2) is 9.43. The standard InChI is InChI=1S/C16H30N2O4/c1-11(2)9-12(14(20)21)10-18-13(19)7-6-8-17-15(22)16(3,4)5/h11-12H,6-10H2,1-5H3,(H,17,22)(H,18,19)(H,20,21). The zero-order chi connectivity index (χ0) is 17.3. The number of aliphatic carboxylic acids is 1. The van der Waals surface area contributed by atoms with E-state index in [1.165, 1.54) is 0 Å². The zero-order valence-corrected chi connectivity index (χ0v) is 14.4. The lowest BCUT2D eigenvalue weighted by Crippen LogP contribution is -2.36. The third kappa shape index (κ3) is 9.37. The van der Waals surface area contributed by atoms with Crippen LogP contribution in [-0.2, 0) is 14.4 Å². The lowest BCUT2D eigenvalue weighted by atomic mass is 9.96. The molecule has 0 aliphatic heterocycles. The Bertz CT molecular complexity index is 386. The summed E-state index contributed by atoms with van der Waals surface area (Å²) < 4.78 is 0. The highest BCUT2D eigenvalue weighted by Crippen LogP contribution is 2.12. The van der Waals surface area contributed by atoms with Gasteiger partial charge in [-0.05, 0) is 18.8 Å². The van der Waals surface area contributed by atoms with E-state index in [0.29, 0.717) is 19.4 Å². The predicted octanol–water partition coefficient (Wildman–Crippen LogP) is 1.79. The van der Waals surface area contributed by atoms with E-state index in [1.54, 1.807) is 0 Å². The average Bonchev–Trinajstić information content (AvgIpc) is 2.37. The molecule has 22 heavy (non-hydrogen) atoms. The van der Waals surface area contributed by atoms with Gasteiger partial charge in [0.2, 0.25) is 11.8 Å². The lowest BCUT2D eigenvalue weighted by molar-refractivity contribution is -0.142. The highest BCUT2D eigenvalue weighted by molar-refractivity contribution is 5.81. The Hall–Kier alpha value is -1.59. The van der Waals surface area contributed by atoms with Gasteiger partial charge < -0.3 is 15.7 Å². The van der Waals surface area contributed by atoms with E-state index in [9.17, 15) is 14.4 Å². The molecule has 3 N–H and O–H groups in total. The van der Waals surface area contributed by atoms with Crippen LogP contribution in [0.15, 0.2) is 0 Å². The molecule has 0 rings (SSSR count). The van der Waals surface area contributed by atoms with Crippen molar-refractivity contribution in [2.75, 3.05) is 13.1 Å². The quantitative estimate of drug-likeness (QED) is 0.565. The number of rotatable bonds is 9. The lowest BCUT2D eigenvalue weighted by Gasteiger charge is -2.17.